The van der Waals surface area contributed by atoms with Crippen molar-refractivity contribution in [3.05, 3.63) is 58.1 Å². The Labute approximate surface area is 149 Å². The zero-order chi connectivity index (χ0) is 19.1. The monoisotopic (exact) mass is 396 g/mol. The normalized spacial score (nSPS) is 12.4. The van der Waals surface area contributed by atoms with Crippen molar-refractivity contribution in [2.24, 2.45) is 0 Å². The van der Waals surface area contributed by atoms with Crippen LogP contribution < -0.4 is 10.5 Å². The second kappa shape index (κ2) is 6.29. The van der Waals surface area contributed by atoms with Gasteiger partial charge in [0.2, 0.25) is 0 Å². The Kier molecular flexibility index (Phi) is 4.41. The highest BCUT2D eigenvalue weighted by molar-refractivity contribution is 7.92. The number of rotatable bonds is 5. The van der Waals surface area contributed by atoms with E-state index in [1.165, 1.54) is 18.2 Å². The summed E-state index contributed by atoms with van der Waals surface area (Å²) in [5.41, 5.74) is 1.83. The van der Waals surface area contributed by atoms with Gasteiger partial charge in [0.1, 0.15) is 0 Å². The average Bonchev–Trinajstić information content (AvgIpc) is 2.89. The second-order valence-corrected chi connectivity index (χ2v) is 9.76. The van der Waals surface area contributed by atoms with E-state index in [-0.39, 0.29) is 21.9 Å². The molecule has 3 aromatic rings. The van der Waals surface area contributed by atoms with Gasteiger partial charge in [0.15, 0.2) is 15.4 Å². The van der Waals surface area contributed by atoms with Gasteiger partial charge in [-0.3, -0.25) is 9.71 Å². The van der Waals surface area contributed by atoms with Gasteiger partial charge in [0.25, 0.3) is 10.0 Å². The second-order valence-electron chi connectivity index (χ2n) is 5.94. The summed E-state index contributed by atoms with van der Waals surface area (Å²) in [6.07, 6.45) is 1.11. The van der Waals surface area contributed by atoms with Gasteiger partial charge in [-0.25, -0.2) is 21.6 Å². The molecule has 2 N–H and O–H groups in total. The van der Waals surface area contributed by atoms with Gasteiger partial charge < -0.3 is 4.42 Å². The summed E-state index contributed by atoms with van der Waals surface area (Å²) >= 11 is 0. The summed E-state index contributed by atoms with van der Waals surface area (Å²) < 4.78 is 55.7. The van der Waals surface area contributed by atoms with E-state index in [0.717, 1.165) is 6.26 Å². The summed E-state index contributed by atoms with van der Waals surface area (Å²) in [7, 11) is -7.21. The lowest BCUT2D eigenvalue weighted by molar-refractivity contribution is 0.554. The summed E-state index contributed by atoms with van der Waals surface area (Å²) in [5, 5.41) is 0. The van der Waals surface area contributed by atoms with Crippen LogP contribution in [0.15, 0.2) is 50.5 Å². The number of H-pyrrole nitrogens is 1. The number of nitrogens with one attached hydrogen (secondary N) is 2. The molecular weight excluding hydrogens is 380 g/mol. The van der Waals surface area contributed by atoms with Gasteiger partial charge in [-0.2, -0.15) is 0 Å². The van der Waals surface area contributed by atoms with Gasteiger partial charge >= 0.3 is 5.76 Å². The average molecular weight is 396 g/mol. The van der Waals surface area contributed by atoms with Crippen LogP contribution in [0.2, 0.25) is 0 Å². The van der Waals surface area contributed by atoms with E-state index in [2.05, 4.69) is 9.71 Å². The number of hydrogen-bond acceptors (Lipinski definition) is 6. The summed E-state index contributed by atoms with van der Waals surface area (Å²) in [6.45, 7) is 1.65. The molecule has 2 aromatic carbocycles. The lowest BCUT2D eigenvalue weighted by atomic mass is 10.1. The third-order valence-corrected chi connectivity index (χ3v) is 6.01. The first-order valence-electron chi connectivity index (χ1n) is 7.47. The number of aromatic amines is 1. The fraction of sp³-hybridized carbons (Fsp3) is 0.188. The molecule has 138 valence electrons. The molecular formula is C16H16N2O6S2. The lowest BCUT2D eigenvalue weighted by Gasteiger charge is -2.13. The largest absolute Gasteiger partial charge is 0.417 e. The molecule has 0 bridgehead atoms. The number of benzene rings is 2. The van der Waals surface area contributed by atoms with Gasteiger partial charge in [0, 0.05) is 12.3 Å². The smallest absolute Gasteiger partial charge is 0.408 e. The number of anilines is 1. The van der Waals surface area contributed by atoms with Crippen LogP contribution in [0.1, 0.15) is 11.1 Å². The van der Waals surface area contributed by atoms with Crippen molar-refractivity contribution in [3.63, 3.8) is 0 Å². The summed E-state index contributed by atoms with van der Waals surface area (Å²) in [4.78, 5) is 13.5. The third kappa shape index (κ3) is 3.81. The molecule has 0 radical (unpaired) electrons. The molecule has 26 heavy (non-hydrogen) atoms. The highest BCUT2D eigenvalue weighted by Gasteiger charge is 2.18. The number of oxazole rings is 1. The first-order chi connectivity index (χ1) is 12.0. The zero-order valence-electron chi connectivity index (χ0n) is 13.9. The summed E-state index contributed by atoms with van der Waals surface area (Å²) in [6, 6.07) is 8.78. The molecule has 8 nitrogen and oxygen atoms in total. The van der Waals surface area contributed by atoms with E-state index >= 15 is 0 Å². The molecule has 1 aromatic heterocycles. The van der Waals surface area contributed by atoms with Crippen molar-refractivity contribution in [2.45, 2.75) is 17.6 Å². The number of hydrogen-bond donors (Lipinski definition) is 2. The van der Waals surface area contributed by atoms with E-state index in [4.69, 9.17) is 4.42 Å². The first kappa shape index (κ1) is 18.2. The van der Waals surface area contributed by atoms with Crippen molar-refractivity contribution in [1.82, 2.24) is 4.98 Å². The van der Waals surface area contributed by atoms with E-state index in [1.54, 1.807) is 25.1 Å². The minimum absolute atomic E-state index is 0.0827. The Bertz CT molecular complexity index is 1250. The molecule has 0 atom stereocenters. The first-order valence-corrected chi connectivity index (χ1v) is 11.0. The SMILES string of the molecule is Cc1c(CS(C)(=O)=O)cccc1NS(=O)(=O)c1ccc2[nH]c(=O)oc2c1. The fourth-order valence-corrected chi connectivity index (χ4v) is 4.54. The quantitative estimate of drug-likeness (QED) is 0.677. The minimum Gasteiger partial charge on any atom is -0.408 e. The van der Waals surface area contributed by atoms with Crippen molar-refractivity contribution < 1.29 is 21.3 Å². The maximum Gasteiger partial charge on any atom is 0.417 e. The van der Waals surface area contributed by atoms with Crippen molar-refractivity contribution in [1.29, 1.82) is 0 Å². The topological polar surface area (TPSA) is 126 Å². The van der Waals surface area contributed by atoms with Crippen molar-refractivity contribution >= 4 is 36.6 Å². The van der Waals surface area contributed by atoms with Gasteiger partial charge in [-0.05, 0) is 36.2 Å². The van der Waals surface area contributed by atoms with Gasteiger partial charge in [-0.15, -0.1) is 0 Å². The molecule has 0 saturated heterocycles. The number of aromatic nitrogens is 1. The molecule has 0 amide bonds. The fourth-order valence-electron chi connectivity index (χ4n) is 2.53. The molecule has 0 aliphatic heterocycles. The van der Waals surface area contributed by atoms with Gasteiger partial charge in [0.05, 0.1) is 21.9 Å². The Morgan fingerprint density at radius 1 is 1.12 bits per heavy atom. The zero-order valence-corrected chi connectivity index (χ0v) is 15.6. The van der Waals surface area contributed by atoms with E-state index < -0.39 is 25.6 Å². The van der Waals surface area contributed by atoms with E-state index in [1.807, 2.05) is 0 Å². The molecule has 0 unspecified atom stereocenters. The Balaban J connectivity index is 1.98. The molecule has 0 saturated carbocycles. The van der Waals surface area contributed by atoms with Crippen LogP contribution in [-0.2, 0) is 25.6 Å². The van der Waals surface area contributed by atoms with Crippen LogP contribution >= 0.6 is 0 Å². The van der Waals surface area contributed by atoms with Crippen LogP contribution in [0.3, 0.4) is 0 Å². The molecule has 0 aliphatic rings. The Hall–Kier alpha value is -2.59. The number of sulfone groups is 1. The summed E-state index contributed by atoms with van der Waals surface area (Å²) in [5.74, 6) is -0.860. The third-order valence-electron chi connectivity index (χ3n) is 3.81. The van der Waals surface area contributed by atoms with Gasteiger partial charge in [-0.1, -0.05) is 12.1 Å². The molecule has 1 heterocycles. The number of fused-ring (bicyclic) bond motifs is 1. The van der Waals surface area contributed by atoms with Crippen LogP contribution in [0.4, 0.5) is 5.69 Å². The minimum atomic E-state index is -3.95. The standard InChI is InChI=1S/C16H16N2O6S2/c1-10-11(9-25(2,20)21)4-3-5-13(10)18-26(22,23)12-6-7-14-15(8-12)24-16(19)17-14/h3-8,18H,9H2,1-2H3,(H,17,19). The maximum atomic E-state index is 12.6. The van der Waals surface area contributed by atoms with Crippen LogP contribution in [0, 0.1) is 6.92 Å². The lowest BCUT2D eigenvalue weighted by Crippen LogP contribution is -2.14. The van der Waals surface area contributed by atoms with E-state index in [0.29, 0.717) is 16.6 Å². The van der Waals surface area contributed by atoms with E-state index in [9.17, 15) is 21.6 Å². The number of sulfonamides is 1. The molecule has 0 fully saturated rings. The predicted octanol–water partition coefficient (Wildman–Crippen LogP) is 1.77. The highest BCUT2D eigenvalue weighted by Crippen LogP contribution is 2.25. The Morgan fingerprint density at radius 2 is 1.85 bits per heavy atom. The maximum absolute atomic E-state index is 12.6. The molecule has 0 aliphatic carbocycles. The van der Waals surface area contributed by atoms with Crippen molar-refractivity contribution in [2.75, 3.05) is 11.0 Å². The highest BCUT2D eigenvalue weighted by atomic mass is 32.2. The Morgan fingerprint density at radius 3 is 2.54 bits per heavy atom. The van der Waals surface area contributed by atoms with Crippen LogP contribution in [0.5, 0.6) is 0 Å². The molecule has 0 spiro atoms. The van der Waals surface area contributed by atoms with Crippen molar-refractivity contribution in [3.8, 4) is 0 Å². The molecule has 10 heteroatoms. The molecule has 3 rings (SSSR count). The van der Waals surface area contributed by atoms with Crippen LogP contribution in [0.25, 0.3) is 11.1 Å². The predicted molar refractivity (Wildman–Crippen MR) is 97.4 cm³/mol. The van der Waals surface area contributed by atoms with Crippen LogP contribution in [-0.4, -0.2) is 28.1 Å².